The summed E-state index contributed by atoms with van der Waals surface area (Å²) in [5.74, 6) is -0.540. The van der Waals surface area contributed by atoms with Crippen LogP contribution in [0.25, 0.3) is 10.9 Å². The average Bonchev–Trinajstić information content (AvgIpc) is 2.69. The summed E-state index contributed by atoms with van der Waals surface area (Å²) in [6.07, 6.45) is 1.82. The predicted molar refractivity (Wildman–Crippen MR) is 114 cm³/mol. The number of carbonyl (C=O) groups is 3. The van der Waals surface area contributed by atoms with Crippen LogP contribution in [0.1, 0.15) is 20.3 Å². The fraction of sp³-hybridized carbons (Fsp3) is 0.182. The summed E-state index contributed by atoms with van der Waals surface area (Å²) >= 11 is 0. The van der Waals surface area contributed by atoms with Crippen LogP contribution in [0.5, 0.6) is 0 Å². The van der Waals surface area contributed by atoms with Gasteiger partial charge in [-0.1, -0.05) is 18.2 Å². The van der Waals surface area contributed by atoms with E-state index in [-0.39, 0.29) is 30.7 Å². The second-order valence-corrected chi connectivity index (χ2v) is 6.58. The summed E-state index contributed by atoms with van der Waals surface area (Å²) in [6.45, 7) is 3.12. The lowest BCUT2D eigenvalue weighted by atomic mass is 10.2. The lowest BCUT2D eigenvalue weighted by Gasteiger charge is -2.21. The van der Waals surface area contributed by atoms with Gasteiger partial charge >= 0.3 is 0 Å². The van der Waals surface area contributed by atoms with Crippen LogP contribution in [0.3, 0.4) is 0 Å². The fourth-order valence-corrected chi connectivity index (χ4v) is 3.03. The molecular weight excluding hydrogens is 368 g/mol. The number of rotatable bonds is 6. The van der Waals surface area contributed by atoms with Crippen molar-refractivity contribution >= 4 is 45.7 Å². The van der Waals surface area contributed by atoms with E-state index >= 15 is 0 Å². The Morgan fingerprint density at radius 3 is 2.34 bits per heavy atom. The number of hydrogen-bond donors (Lipinski definition) is 2. The van der Waals surface area contributed by atoms with E-state index < -0.39 is 0 Å². The number of aromatic nitrogens is 1. The van der Waals surface area contributed by atoms with Gasteiger partial charge in [0, 0.05) is 49.8 Å². The summed E-state index contributed by atoms with van der Waals surface area (Å²) < 4.78 is 0. The zero-order valence-corrected chi connectivity index (χ0v) is 16.3. The lowest BCUT2D eigenvalue weighted by molar-refractivity contribution is -0.117. The zero-order valence-electron chi connectivity index (χ0n) is 16.3. The number of para-hydroxylation sites is 1. The van der Waals surface area contributed by atoms with Gasteiger partial charge in [0.1, 0.15) is 0 Å². The number of carbonyl (C=O) groups excluding carboxylic acids is 3. The zero-order chi connectivity index (χ0) is 20.8. The van der Waals surface area contributed by atoms with Crippen molar-refractivity contribution in [1.29, 1.82) is 0 Å². The molecule has 3 amide bonds. The van der Waals surface area contributed by atoms with Gasteiger partial charge in [-0.25, -0.2) is 0 Å². The summed E-state index contributed by atoms with van der Waals surface area (Å²) in [6, 6.07) is 16.3. The van der Waals surface area contributed by atoms with Crippen LogP contribution in [-0.4, -0.2) is 29.3 Å². The third-order valence-electron chi connectivity index (χ3n) is 4.35. The van der Waals surface area contributed by atoms with Crippen molar-refractivity contribution in [2.75, 3.05) is 22.1 Å². The van der Waals surface area contributed by atoms with Crippen molar-refractivity contribution in [3.8, 4) is 0 Å². The van der Waals surface area contributed by atoms with Crippen molar-refractivity contribution in [2.24, 2.45) is 0 Å². The quantitative estimate of drug-likeness (QED) is 0.673. The minimum absolute atomic E-state index is 0.135. The molecule has 3 aromatic rings. The van der Waals surface area contributed by atoms with E-state index in [0.717, 1.165) is 10.9 Å². The molecule has 0 saturated heterocycles. The molecule has 148 valence electrons. The molecule has 0 spiro atoms. The SMILES string of the molecule is CC(=O)Nc1ccc(N(CCC(=O)Nc2cccc3cccnc23)C(C)=O)cc1. The molecule has 0 bridgehead atoms. The number of benzene rings is 2. The Kier molecular flexibility index (Phi) is 6.19. The van der Waals surface area contributed by atoms with Crippen LogP contribution in [0.15, 0.2) is 60.8 Å². The van der Waals surface area contributed by atoms with Crippen molar-refractivity contribution in [3.05, 3.63) is 60.8 Å². The molecule has 0 saturated carbocycles. The summed E-state index contributed by atoms with van der Waals surface area (Å²) in [5.41, 5.74) is 2.67. The molecule has 0 unspecified atom stereocenters. The maximum atomic E-state index is 12.5. The number of anilines is 3. The van der Waals surface area contributed by atoms with Crippen LogP contribution in [0.4, 0.5) is 17.1 Å². The molecule has 0 aliphatic carbocycles. The van der Waals surface area contributed by atoms with Crippen molar-refractivity contribution < 1.29 is 14.4 Å². The van der Waals surface area contributed by atoms with Crippen LogP contribution >= 0.6 is 0 Å². The van der Waals surface area contributed by atoms with Crippen LogP contribution in [0.2, 0.25) is 0 Å². The molecule has 0 aliphatic rings. The molecule has 1 aromatic heterocycles. The maximum absolute atomic E-state index is 12.5. The highest BCUT2D eigenvalue weighted by Gasteiger charge is 2.14. The van der Waals surface area contributed by atoms with E-state index in [1.807, 2.05) is 24.3 Å². The summed E-state index contributed by atoms with van der Waals surface area (Å²) in [7, 11) is 0. The van der Waals surface area contributed by atoms with E-state index in [2.05, 4.69) is 15.6 Å². The lowest BCUT2D eigenvalue weighted by Crippen LogP contribution is -2.32. The standard InChI is InChI=1S/C22H22N4O3/c1-15(27)24-18-8-10-19(11-9-18)26(16(2)28)14-12-21(29)25-20-7-3-5-17-6-4-13-23-22(17)20/h3-11,13H,12,14H2,1-2H3,(H,24,27)(H,25,29). The number of nitrogens with one attached hydrogen (secondary N) is 2. The summed E-state index contributed by atoms with van der Waals surface area (Å²) in [5, 5.41) is 6.49. The molecule has 2 aromatic carbocycles. The molecular formula is C22H22N4O3. The van der Waals surface area contributed by atoms with E-state index in [1.54, 1.807) is 36.5 Å². The first-order valence-corrected chi connectivity index (χ1v) is 9.23. The molecule has 7 nitrogen and oxygen atoms in total. The summed E-state index contributed by atoms with van der Waals surface area (Å²) in [4.78, 5) is 41.5. The molecule has 0 atom stereocenters. The minimum Gasteiger partial charge on any atom is -0.326 e. The first-order chi connectivity index (χ1) is 13.9. The van der Waals surface area contributed by atoms with Gasteiger partial charge in [0.05, 0.1) is 11.2 Å². The van der Waals surface area contributed by atoms with Gasteiger partial charge in [0.2, 0.25) is 17.7 Å². The van der Waals surface area contributed by atoms with E-state index in [4.69, 9.17) is 0 Å². The van der Waals surface area contributed by atoms with Gasteiger partial charge in [0.25, 0.3) is 0 Å². The van der Waals surface area contributed by atoms with Gasteiger partial charge in [-0.2, -0.15) is 0 Å². The first-order valence-electron chi connectivity index (χ1n) is 9.23. The molecule has 2 N–H and O–H groups in total. The van der Waals surface area contributed by atoms with Gasteiger partial charge in [-0.3, -0.25) is 19.4 Å². The Balaban J connectivity index is 1.66. The highest BCUT2D eigenvalue weighted by Crippen LogP contribution is 2.22. The number of amides is 3. The number of fused-ring (bicyclic) bond motifs is 1. The minimum atomic E-state index is -0.204. The fourth-order valence-electron chi connectivity index (χ4n) is 3.03. The Labute approximate surface area is 168 Å². The second kappa shape index (κ2) is 8.97. The van der Waals surface area contributed by atoms with Crippen molar-refractivity contribution in [2.45, 2.75) is 20.3 Å². The molecule has 0 aliphatic heterocycles. The Hall–Kier alpha value is -3.74. The van der Waals surface area contributed by atoms with Gasteiger partial charge in [-0.15, -0.1) is 0 Å². The Bertz CT molecular complexity index is 1040. The second-order valence-electron chi connectivity index (χ2n) is 6.58. The molecule has 3 rings (SSSR count). The molecule has 0 radical (unpaired) electrons. The largest absolute Gasteiger partial charge is 0.326 e. The monoisotopic (exact) mass is 390 g/mol. The van der Waals surface area contributed by atoms with Crippen LogP contribution < -0.4 is 15.5 Å². The Morgan fingerprint density at radius 1 is 0.931 bits per heavy atom. The third kappa shape index (κ3) is 5.16. The highest BCUT2D eigenvalue weighted by molar-refractivity contribution is 6.01. The molecule has 7 heteroatoms. The highest BCUT2D eigenvalue weighted by atomic mass is 16.2. The van der Waals surface area contributed by atoms with Crippen LogP contribution in [-0.2, 0) is 14.4 Å². The first kappa shape index (κ1) is 20.0. The number of hydrogen-bond acceptors (Lipinski definition) is 4. The number of nitrogens with zero attached hydrogens (tertiary/aromatic N) is 2. The Morgan fingerprint density at radius 2 is 1.66 bits per heavy atom. The van der Waals surface area contributed by atoms with Gasteiger partial charge in [0.15, 0.2) is 0 Å². The smallest absolute Gasteiger partial charge is 0.226 e. The van der Waals surface area contributed by atoms with Crippen molar-refractivity contribution in [1.82, 2.24) is 4.98 Å². The third-order valence-corrected chi connectivity index (χ3v) is 4.35. The van der Waals surface area contributed by atoms with Crippen molar-refractivity contribution in [3.63, 3.8) is 0 Å². The molecule has 1 heterocycles. The topological polar surface area (TPSA) is 91.4 Å². The predicted octanol–water partition coefficient (Wildman–Crippen LogP) is 3.57. The van der Waals surface area contributed by atoms with Gasteiger partial charge < -0.3 is 15.5 Å². The normalized spacial score (nSPS) is 10.4. The number of pyridine rings is 1. The van der Waals surface area contributed by atoms with E-state index in [9.17, 15) is 14.4 Å². The maximum Gasteiger partial charge on any atom is 0.226 e. The van der Waals surface area contributed by atoms with E-state index in [0.29, 0.717) is 17.1 Å². The van der Waals surface area contributed by atoms with Gasteiger partial charge in [-0.05, 0) is 36.4 Å². The van der Waals surface area contributed by atoms with Crippen LogP contribution in [0, 0.1) is 0 Å². The molecule has 29 heavy (non-hydrogen) atoms. The van der Waals surface area contributed by atoms with E-state index in [1.165, 1.54) is 18.7 Å². The average molecular weight is 390 g/mol. The molecule has 0 fully saturated rings.